The number of aryl methyl sites for hydroxylation is 3. The molecule has 2 atom stereocenters. The summed E-state index contributed by atoms with van der Waals surface area (Å²) in [5, 5.41) is 18.4. The summed E-state index contributed by atoms with van der Waals surface area (Å²) >= 11 is 1.57. The first-order valence-corrected chi connectivity index (χ1v) is 15.2. The van der Waals surface area contributed by atoms with Crippen LogP contribution < -0.4 is 4.74 Å². The molecule has 10 nitrogen and oxygen atoms in total. The van der Waals surface area contributed by atoms with Crippen molar-refractivity contribution in [2.24, 2.45) is 5.41 Å². The fourth-order valence-corrected chi connectivity index (χ4v) is 7.61. The molecular weight excluding hydrogens is 526 g/mol. The van der Waals surface area contributed by atoms with Crippen LogP contribution in [0, 0.1) is 12.3 Å². The van der Waals surface area contributed by atoms with Gasteiger partial charge in [0, 0.05) is 41.2 Å². The Balaban J connectivity index is 1.63. The highest BCUT2D eigenvalue weighted by atomic mass is 32.3. The van der Waals surface area contributed by atoms with Gasteiger partial charge in [0.15, 0.2) is 0 Å². The second-order valence-electron chi connectivity index (χ2n) is 10.2. The summed E-state index contributed by atoms with van der Waals surface area (Å²) in [4.78, 5) is 18.8. The van der Waals surface area contributed by atoms with Crippen LogP contribution >= 0.6 is 22.1 Å². The Morgan fingerprint density at radius 3 is 2.76 bits per heavy atom. The van der Waals surface area contributed by atoms with E-state index in [1.165, 1.54) is 0 Å². The first-order valence-electron chi connectivity index (χ1n) is 12.8. The standard InChI is InChI=1S/C26H37N5O5S2/c1-6-20-16-31(38(34,35)23-9-8-12-27-24(23)36-20)14-18-13-22(37-17(18)3)21(26(4,5)25(32)33)11-10-19-15-30(7-2)29-28-19/h8-9,12-13,15,20-21,34-35H,6-7,10-11,14,16H2,1-5H3,(H,32,33). The van der Waals surface area contributed by atoms with Crippen molar-refractivity contribution in [1.82, 2.24) is 24.3 Å². The number of pyridine rings is 1. The zero-order chi connectivity index (χ0) is 27.7. The predicted octanol–water partition coefficient (Wildman–Crippen LogP) is 5.59. The number of nitrogens with zero attached hydrogens (tertiary/aromatic N) is 5. The van der Waals surface area contributed by atoms with Crippen molar-refractivity contribution < 1.29 is 23.7 Å². The van der Waals surface area contributed by atoms with Crippen molar-refractivity contribution in [3.8, 4) is 5.88 Å². The fourth-order valence-electron chi connectivity index (χ4n) is 4.68. The number of hydrogen-bond donors (Lipinski definition) is 3. The van der Waals surface area contributed by atoms with Crippen LogP contribution in [0.1, 0.15) is 67.5 Å². The summed E-state index contributed by atoms with van der Waals surface area (Å²) in [5.74, 6) is -0.862. The van der Waals surface area contributed by atoms with Crippen LogP contribution in [0.5, 0.6) is 5.88 Å². The number of aromatic nitrogens is 4. The number of thiophene rings is 1. The Morgan fingerprint density at radius 2 is 2.11 bits per heavy atom. The lowest BCUT2D eigenvalue weighted by Gasteiger charge is -2.41. The Hall–Kier alpha value is -2.51. The lowest BCUT2D eigenvalue weighted by molar-refractivity contribution is -0.148. The molecule has 1 aliphatic rings. The SMILES string of the molecule is CCC1CN(Cc2cc(C(CCc3cn(CC)nn3)C(C)(C)C(=O)O)sc2C)S(O)(O)c2cccnc2O1. The summed E-state index contributed by atoms with van der Waals surface area (Å²) in [7, 11) is -3.34. The molecule has 0 amide bonds. The maximum absolute atomic E-state index is 12.3. The summed E-state index contributed by atoms with van der Waals surface area (Å²) < 4.78 is 32.1. The van der Waals surface area contributed by atoms with Gasteiger partial charge in [0.1, 0.15) is 11.0 Å². The van der Waals surface area contributed by atoms with Gasteiger partial charge < -0.3 is 9.84 Å². The zero-order valence-corrected chi connectivity index (χ0v) is 24.1. The van der Waals surface area contributed by atoms with E-state index in [4.69, 9.17) is 4.74 Å². The summed E-state index contributed by atoms with van der Waals surface area (Å²) in [6.45, 7) is 10.9. The van der Waals surface area contributed by atoms with Gasteiger partial charge in [-0.1, -0.05) is 12.1 Å². The summed E-state index contributed by atoms with van der Waals surface area (Å²) in [5.41, 5.74) is 0.769. The molecule has 3 aromatic heterocycles. The van der Waals surface area contributed by atoms with E-state index in [1.54, 1.807) is 52.5 Å². The second-order valence-corrected chi connectivity index (χ2v) is 13.5. The Morgan fingerprint density at radius 1 is 1.34 bits per heavy atom. The molecule has 12 heteroatoms. The topological polar surface area (TPSA) is 134 Å². The van der Waals surface area contributed by atoms with Gasteiger partial charge in [-0.25, -0.2) is 4.98 Å². The highest BCUT2D eigenvalue weighted by molar-refractivity contribution is 8.22. The van der Waals surface area contributed by atoms with Crippen LogP contribution in [0.4, 0.5) is 0 Å². The van der Waals surface area contributed by atoms with Crippen LogP contribution in [0.3, 0.4) is 0 Å². The molecular formula is C26H37N5O5S2. The molecule has 4 rings (SSSR count). The van der Waals surface area contributed by atoms with Crippen LogP contribution in [0.15, 0.2) is 35.5 Å². The first kappa shape index (κ1) is 28.5. The van der Waals surface area contributed by atoms with Crippen LogP contribution in [-0.2, 0) is 24.3 Å². The number of hydrogen-bond acceptors (Lipinski definition) is 9. The van der Waals surface area contributed by atoms with E-state index >= 15 is 0 Å². The molecule has 0 saturated heterocycles. The lowest BCUT2D eigenvalue weighted by atomic mass is 9.75. The molecule has 3 N–H and O–H groups in total. The molecule has 0 fully saturated rings. The first-order chi connectivity index (χ1) is 18.0. The van der Waals surface area contributed by atoms with E-state index in [-0.39, 0.29) is 22.8 Å². The van der Waals surface area contributed by atoms with Crippen molar-refractivity contribution in [1.29, 1.82) is 0 Å². The smallest absolute Gasteiger partial charge is 0.309 e. The van der Waals surface area contributed by atoms with Gasteiger partial charge in [-0.15, -0.1) is 27.2 Å². The van der Waals surface area contributed by atoms with Crippen LogP contribution in [0.25, 0.3) is 0 Å². The Bertz CT molecular complexity index is 1270. The summed E-state index contributed by atoms with van der Waals surface area (Å²) in [6.07, 6.45) is 5.14. The van der Waals surface area contributed by atoms with Gasteiger partial charge >= 0.3 is 5.97 Å². The molecule has 0 bridgehead atoms. The number of carboxylic acid groups (broad SMARTS) is 1. The number of fused-ring (bicyclic) bond motifs is 1. The van der Waals surface area contributed by atoms with E-state index in [9.17, 15) is 19.0 Å². The third kappa shape index (κ3) is 5.74. The van der Waals surface area contributed by atoms with Gasteiger partial charge in [0.25, 0.3) is 0 Å². The highest BCUT2D eigenvalue weighted by Gasteiger charge is 2.40. The largest absolute Gasteiger partial charge is 0.481 e. The fraction of sp³-hybridized carbons (Fsp3) is 0.538. The number of rotatable bonds is 10. The third-order valence-electron chi connectivity index (χ3n) is 7.28. The minimum atomic E-state index is -3.34. The number of carboxylic acids is 1. The van der Waals surface area contributed by atoms with E-state index in [0.29, 0.717) is 32.4 Å². The zero-order valence-electron chi connectivity index (χ0n) is 22.5. The minimum Gasteiger partial charge on any atom is -0.481 e. The molecule has 0 saturated carbocycles. The maximum Gasteiger partial charge on any atom is 0.309 e. The van der Waals surface area contributed by atoms with Gasteiger partial charge in [0.2, 0.25) is 5.88 Å². The van der Waals surface area contributed by atoms with Gasteiger partial charge in [-0.2, -0.15) is 4.31 Å². The minimum absolute atomic E-state index is 0.244. The average molecular weight is 564 g/mol. The molecule has 4 heterocycles. The van der Waals surface area contributed by atoms with E-state index in [0.717, 1.165) is 27.6 Å². The molecule has 0 spiro atoms. The highest BCUT2D eigenvalue weighted by Crippen LogP contribution is 2.57. The van der Waals surface area contributed by atoms with Crippen molar-refractivity contribution >= 4 is 28.1 Å². The monoisotopic (exact) mass is 563 g/mol. The van der Waals surface area contributed by atoms with E-state index in [2.05, 4.69) is 15.3 Å². The molecule has 38 heavy (non-hydrogen) atoms. The predicted molar refractivity (Wildman–Crippen MR) is 148 cm³/mol. The van der Waals surface area contributed by atoms with E-state index in [1.807, 2.05) is 33.0 Å². The number of carbonyl (C=O) groups is 1. The second kappa shape index (κ2) is 11.3. The van der Waals surface area contributed by atoms with Gasteiger partial charge in [0.05, 0.1) is 17.7 Å². The Labute approximate surface area is 229 Å². The number of ether oxygens (including phenoxy) is 1. The lowest BCUT2D eigenvalue weighted by Crippen LogP contribution is -2.34. The van der Waals surface area contributed by atoms with Crippen molar-refractivity contribution in [2.45, 2.75) is 83.9 Å². The normalized spacial score (nSPS) is 19.3. The summed E-state index contributed by atoms with van der Waals surface area (Å²) in [6, 6.07) is 5.35. The molecule has 0 aliphatic carbocycles. The van der Waals surface area contributed by atoms with Crippen LogP contribution in [0.2, 0.25) is 0 Å². The molecule has 0 aromatic carbocycles. The van der Waals surface area contributed by atoms with Crippen molar-refractivity contribution in [2.75, 3.05) is 6.54 Å². The third-order valence-corrected chi connectivity index (χ3v) is 10.4. The number of aliphatic carboxylic acids is 1. The quantitative estimate of drug-likeness (QED) is 0.289. The van der Waals surface area contributed by atoms with Crippen molar-refractivity contribution in [3.63, 3.8) is 0 Å². The molecule has 208 valence electrons. The average Bonchev–Trinajstić information content (AvgIpc) is 3.46. The Kier molecular flexibility index (Phi) is 8.48. The van der Waals surface area contributed by atoms with Crippen molar-refractivity contribution in [3.05, 3.63) is 51.6 Å². The molecule has 2 unspecified atom stereocenters. The maximum atomic E-state index is 12.3. The van der Waals surface area contributed by atoms with Crippen LogP contribution in [-0.4, -0.2) is 57.1 Å². The molecule has 0 radical (unpaired) electrons. The van der Waals surface area contributed by atoms with E-state index < -0.39 is 22.2 Å². The van der Waals surface area contributed by atoms with Gasteiger partial charge in [-0.3, -0.25) is 18.6 Å². The van der Waals surface area contributed by atoms with Gasteiger partial charge in [-0.05, 0) is 70.7 Å². The molecule has 1 aliphatic heterocycles. The molecule has 3 aromatic rings.